The van der Waals surface area contributed by atoms with Crippen LogP contribution in [0.2, 0.25) is 0 Å². The average molecular weight is 563 g/mol. The maximum absolute atomic E-state index is 14.4. The van der Waals surface area contributed by atoms with Crippen molar-refractivity contribution in [1.29, 1.82) is 5.26 Å². The van der Waals surface area contributed by atoms with Crippen LogP contribution in [0.3, 0.4) is 0 Å². The van der Waals surface area contributed by atoms with E-state index in [1.54, 1.807) is 25.7 Å². The lowest BCUT2D eigenvalue weighted by atomic mass is 9.46. The number of ether oxygens (including phenoxy) is 1. The van der Waals surface area contributed by atoms with Gasteiger partial charge in [0.15, 0.2) is 0 Å². The molecule has 1 heterocycles. The minimum atomic E-state index is -0.974. The Kier molecular flexibility index (Phi) is 6.84. The van der Waals surface area contributed by atoms with Gasteiger partial charge in [-0.2, -0.15) is 5.26 Å². The predicted molar refractivity (Wildman–Crippen MR) is 150 cm³/mol. The van der Waals surface area contributed by atoms with Gasteiger partial charge in [-0.25, -0.2) is 4.79 Å². The molecule has 6 aliphatic rings. The van der Waals surface area contributed by atoms with Gasteiger partial charge in [-0.05, 0) is 95.0 Å². The van der Waals surface area contributed by atoms with Crippen LogP contribution in [0.1, 0.15) is 71.3 Å². The SMILES string of the molecule is CC(C)(C)OC(=O)NC(Cc1ccccc1)C(=O)NC(C(=O)N1CC2CC2C1C#N)C12CC3C[C@H](CC(O)(C3)C1)C2. The van der Waals surface area contributed by atoms with Gasteiger partial charge in [0.1, 0.15) is 23.7 Å². The third kappa shape index (κ3) is 5.55. The topological polar surface area (TPSA) is 132 Å². The van der Waals surface area contributed by atoms with E-state index >= 15 is 0 Å². The number of nitrogens with one attached hydrogen (secondary N) is 2. The van der Waals surface area contributed by atoms with Crippen LogP contribution in [-0.4, -0.2) is 63.8 Å². The number of likely N-dealkylation sites (tertiary alicyclic amines) is 1. The average Bonchev–Trinajstić information content (AvgIpc) is 3.54. The minimum absolute atomic E-state index is 0.209. The second-order valence-corrected chi connectivity index (χ2v) is 14.6. The normalized spacial score (nSPS) is 36.1. The molecule has 0 aromatic heterocycles. The van der Waals surface area contributed by atoms with Crippen molar-refractivity contribution < 1.29 is 24.2 Å². The fourth-order valence-corrected chi connectivity index (χ4v) is 8.87. The Morgan fingerprint density at radius 2 is 1.78 bits per heavy atom. The highest BCUT2D eigenvalue weighted by molar-refractivity contribution is 5.92. The van der Waals surface area contributed by atoms with Crippen molar-refractivity contribution in [2.45, 2.75) is 101 Å². The highest BCUT2D eigenvalue weighted by Gasteiger charge is 2.63. The van der Waals surface area contributed by atoms with Crippen LogP contribution < -0.4 is 10.6 Å². The van der Waals surface area contributed by atoms with Gasteiger partial charge in [0.2, 0.25) is 11.8 Å². The van der Waals surface area contributed by atoms with E-state index in [9.17, 15) is 24.8 Å². The number of rotatable bonds is 7. The number of nitrogens with zero attached hydrogens (tertiary/aromatic N) is 2. The van der Waals surface area contributed by atoms with E-state index in [4.69, 9.17) is 4.74 Å². The minimum Gasteiger partial charge on any atom is -0.444 e. The number of aliphatic hydroxyl groups is 1. The Balaban J connectivity index is 1.30. The molecule has 1 aliphatic heterocycles. The fraction of sp³-hybridized carbons (Fsp3) is 0.688. The first kappa shape index (κ1) is 28.0. The summed E-state index contributed by atoms with van der Waals surface area (Å²) in [5.41, 5.74) is -1.29. The van der Waals surface area contributed by atoms with Crippen LogP contribution in [0.5, 0.6) is 0 Å². The lowest BCUT2D eigenvalue weighted by Crippen LogP contribution is -2.67. The molecule has 1 aromatic rings. The van der Waals surface area contributed by atoms with Crippen LogP contribution in [0.25, 0.3) is 0 Å². The fourth-order valence-electron chi connectivity index (χ4n) is 8.87. The number of alkyl carbamates (subject to hydrolysis) is 1. The third-order valence-corrected chi connectivity index (χ3v) is 10.1. The summed E-state index contributed by atoms with van der Waals surface area (Å²) in [7, 11) is 0. The van der Waals surface area contributed by atoms with E-state index in [0.717, 1.165) is 44.1 Å². The number of benzene rings is 1. The van der Waals surface area contributed by atoms with E-state index in [2.05, 4.69) is 16.7 Å². The quantitative estimate of drug-likeness (QED) is 0.467. The molecule has 9 nitrogen and oxygen atoms in total. The summed E-state index contributed by atoms with van der Waals surface area (Å²) in [5, 5.41) is 27.3. The molecule has 3 N–H and O–H groups in total. The largest absolute Gasteiger partial charge is 0.444 e. The number of piperidine rings is 1. The zero-order valence-electron chi connectivity index (χ0n) is 24.3. The molecule has 41 heavy (non-hydrogen) atoms. The van der Waals surface area contributed by atoms with E-state index in [0.29, 0.717) is 30.7 Å². The number of hydrogen-bond acceptors (Lipinski definition) is 6. The van der Waals surface area contributed by atoms with Crippen LogP contribution in [0, 0.1) is 40.4 Å². The smallest absolute Gasteiger partial charge is 0.408 e. The summed E-state index contributed by atoms with van der Waals surface area (Å²) >= 11 is 0. The van der Waals surface area contributed by atoms with Crippen LogP contribution in [0.15, 0.2) is 30.3 Å². The van der Waals surface area contributed by atoms with Crippen molar-refractivity contribution >= 4 is 17.9 Å². The molecule has 9 heteroatoms. The van der Waals surface area contributed by atoms with Crippen molar-refractivity contribution in [3.05, 3.63) is 35.9 Å². The van der Waals surface area contributed by atoms with Gasteiger partial charge in [0, 0.05) is 18.4 Å². The molecule has 8 unspecified atom stereocenters. The van der Waals surface area contributed by atoms with Crippen LogP contribution >= 0.6 is 0 Å². The monoisotopic (exact) mass is 562 g/mol. The molecule has 6 fully saturated rings. The van der Waals surface area contributed by atoms with Gasteiger partial charge >= 0.3 is 6.09 Å². The van der Waals surface area contributed by atoms with Gasteiger partial charge < -0.3 is 25.4 Å². The molecule has 5 saturated carbocycles. The highest BCUT2D eigenvalue weighted by Crippen LogP contribution is 2.63. The van der Waals surface area contributed by atoms with Crippen LogP contribution in [-0.2, 0) is 20.7 Å². The number of hydrogen-bond donors (Lipinski definition) is 3. The number of carbonyl (C=O) groups excluding carboxylic acids is 3. The summed E-state index contributed by atoms with van der Waals surface area (Å²) in [4.78, 5) is 43.0. The summed E-state index contributed by atoms with van der Waals surface area (Å²) in [6.07, 6.45) is 5.01. The van der Waals surface area contributed by atoms with Crippen LogP contribution in [0.4, 0.5) is 4.79 Å². The predicted octanol–water partition coefficient (Wildman–Crippen LogP) is 3.31. The van der Waals surface area contributed by atoms with E-state index in [1.807, 2.05) is 30.3 Å². The Morgan fingerprint density at radius 1 is 1.10 bits per heavy atom. The van der Waals surface area contributed by atoms with E-state index in [1.165, 1.54) is 0 Å². The first-order valence-electron chi connectivity index (χ1n) is 15.1. The Bertz CT molecular complexity index is 1240. The van der Waals surface area contributed by atoms with Crippen molar-refractivity contribution in [1.82, 2.24) is 15.5 Å². The second-order valence-electron chi connectivity index (χ2n) is 14.6. The van der Waals surface area contributed by atoms with Gasteiger partial charge in [-0.15, -0.1) is 0 Å². The van der Waals surface area contributed by atoms with Gasteiger partial charge in [-0.1, -0.05) is 30.3 Å². The number of nitriles is 1. The molecule has 4 bridgehead atoms. The molecule has 0 spiro atoms. The maximum atomic E-state index is 14.4. The third-order valence-electron chi connectivity index (χ3n) is 10.1. The number of amides is 3. The number of carbonyl (C=O) groups is 3. The zero-order chi connectivity index (χ0) is 29.2. The van der Waals surface area contributed by atoms with Crippen molar-refractivity contribution in [3.63, 3.8) is 0 Å². The Labute approximate surface area is 242 Å². The lowest BCUT2D eigenvalue weighted by Gasteiger charge is -2.62. The molecular formula is C32H42N4O5. The van der Waals surface area contributed by atoms with Gasteiger partial charge in [-0.3, -0.25) is 9.59 Å². The van der Waals surface area contributed by atoms with Crippen molar-refractivity contribution in [2.75, 3.05) is 6.54 Å². The molecule has 7 rings (SSSR count). The standard InChI is InChI=1S/C32H42N4O5/c1-30(2,3)41-29(39)34-24(10-19-7-5-4-6-8-19)27(37)35-26(28(38)36-17-22-11-23(22)25(36)16-33)31-12-20-9-21(13-31)15-32(40,14-20)18-31/h4-8,20-26,40H,9-15,17-18H2,1-3H3,(H,34,39)(H,35,37)/t20-,21?,22?,23?,24?,25?,26?,31?,32?/m0/s1. The molecule has 1 saturated heterocycles. The molecule has 9 atom stereocenters. The summed E-state index contributed by atoms with van der Waals surface area (Å²) in [6, 6.07) is 9.44. The van der Waals surface area contributed by atoms with Crippen molar-refractivity contribution in [3.8, 4) is 6.07 Å². The number of fused-ring (bicyclic) bond motifs is 1. The zero-order valence-corrected chi connectivity index (χ0v) is 24.3. The van der Waals surface area contributed by atoms with Gasteiger partial charge in [0.25, 0.3) is 0 Å². The molecular weight excluding hydrogens is 520 g/mol. The molecule has 220 valence electrons. The lowest BCUT2D eigenvalue weighted by molar-refractivity contribution is -0.182. The summed E-state index contributed by atoms with van der Waals surface area (Å²) in [6.45, 7) is 5.82. The van der Waals surface area contributed by atoms with E-state index < -0.39 is 46.7 Å². The molecule has 3 amide bonds. The summed E-state index contributed by atoms with van der Waals surface area (Å²) in [5.74, 6) is 0.497. The maximum Gasteiger partial charge on any atom is 0.408 e. The molecule has 1 aromatic carbocycles. The summed E-state index contributed by atoms with van der Waals surface area (Å²) < 4.78 is 5.47. The Morgan fingerprint density at radius 3 is 2.39 bits per heavy atom. The second kappa shape index (κ2) is 10.0. The van der Waals surface area contributed by atoms with E-state index in [-0.39, 0.29) is 18.2 Å². The molecule has 0 radical (unpaired) electrons. The Hall–Kier alpha value is -3.12. The first-order chi connectivity index (χ1) is 19.4. The molecule has 5 aliphatic carbocycles. The first-order valence-corrected chi connectivity index (χ1v) is 15.1. The highest BCUT2D eigenvalue weighted by atomic mass is 16.6. The van der Waals surface area contributed by atoms with Gasteiger partial charge in [0.05, 0.1) is 11.7 Å². The van der Waals surface area contributed by atoms with Crippen molar-refractivity contribution in [2.24, 2.45) is 29.1 Å².